The molecule has 3 N–H and O–H groups in total. The molecule has 112 valence electrons. The van der Waals surface area contributed by atoms with Gasteiger partial charge in [0.15, 0.2) is 0 Å². The van der Waals surface area contributed by atoms with Crippen LogP contribution < -0.4 is 9.44 Å². The molecule has 8 nitrogen and oxygen atoms in total. The molecule has 1 aromatic heterocycles. The Labute approximate surface area is 119 Å². The minimum absolute atomic E-state index is 0.0765. The first-order valence-corrected chi connectivity index (χ1v) is 7.81. The molecule has 1 aromatic rings. The number of carboxylic acids is 1. The molecular weight excluding hydrogens is 308 g/mol. The number of hydrogen-bond acceptors (Lipinski definition) is 6. The van der Waals surface area contributed by atoms with Crippen LogP contribution >= 0.6 is 11.3 Å². The highest BCUT2D eigenvalue weighted by Crippen LogP contribution is 2.28. The van der Waals surface area contributed by atoms with Gasteiger partial charge in [-0.1, -0.05) is 0 Å². The minimum atomic E-state index is -4.26. The summed E-state index contributed by atoms with van der Waals surface area (Å²) in [6, 6.07) is 0. The lowest BCUT2D eigenvalue weighted by atomic mass is 10.3. The van der Waals surface area contributed by atoms with Gasteiger partial charge in [0.05, 0.1) is 11.8 Å². The Kier molecular flexibility index (Phi) is 4.95. The summed E-state index contributed by atoms with van der Waals surface area (Å²) in [5.74, 6) is -1.26. The van der Waals surface area contributed by atoms with Crippen LogP contribution in [0.15, 0.2) is 5.38 Å². The number of carbonyl (C=O) groups is 2. The summed E-state index contributed by atoms with van der Waals surface area (Å²) in [7, 11) is -4.26. The van der Waals surface area contributed by atoms with E-state index in [4.69, 9.17) is 5.11 Å². The number of hydrogen-bond donors (Lipinski definition) is 3. The summed E-state index contributed by atoms with van der Waals surface area (Å²) >= 11 is 0.884. The summed E-state index contributed by atoms with van der Waals surface area (Å²) in [6.45, 7) is 4.67. The average Bonchev–Trinajstić information content (AvgIpc) is 2.57. The second kappa shape index (κ2) is 6.09. The molecule has 0 aliphatic rings. The van der Waals surface area contributed by atoms with Crippen LogP contribution in [0.5, 0.6) is 0 Å². The molecule has 1 rings (SSSR count). The molecular formula is C10H14N2O6S2. The maximum absolute atomic E-state index is 11.7. The van der Waals surface area contributed by atoms with E-state index in [0.717, 1.165) is 11.3 Å². The monoisotopic (exact) mass is 322 g/mol. The topological polar surface area (TPSA) is 122 Å². The highest BCUT2D eigenvalue weighted by molar-refractivity contribution is 7.91. The van der Waals surface area contributed by atoms with Gasteiger partial charge in [0.1, 0.15) is 4.88 Å². The molecule has 0 atom stereocenters. The van der Waals surface area contributed by atoms with Gasteiger partial charge in [-0.15, -0.1) is 11.3 Å². The van der Waals surface area contributed by atoms with Gasteiger partial charge in [0.25, 0.3) is 0 Å². The van der Waals surface area contributed by atoms with E-state index in [1.54, 1.807) is 25.5 Å². The van der Waals surface area contributed by atoms with Crippen molar-refractivity contribution in [1.29, 1.82) is 0 Å². The predicted molar refractivity (Wildman–Crippen MR) is 73.3 cm³/mol. The molecule has 0 fully saturated rings. The van der Waals surface area contributed by atoms with Crippen molar-refractivity contribution in [2.75, 3.05) is 4.72 Å². The third-order valence-corrected chi connectivity index (χ3v) is 3.96. The summed E-state index contributed by atoms with van der Waals surface area (Å²) in [6.07, 6.45) is -1.63. The third-order valence-electron chi connectivity index (χ3n) is 1.97. The van der Waals surface area contributed by atoms with Crippen molar-refractivity contribution in [3.05, 3.63) is 15.8 Å². The smallest absolute Gasteiger partial charge is 0.422 e. The van der Waals surface area contributed by atoms with E-state index in [9.17, 15) is 18.0 Å². The fourth-order valence-electron chi connectivity index (χ4n) is 1.24. The zero-order valence-corrected chi connectivity index (χ0v) is 12.6. The maximum atomic E-state index is 11.7. The molecule has 0 aromatic carbocycles. The van der Waals surface area contributed by atoms with Crippen LogP contribution in [0.3, 0.4) is 0 Å². The van der Waals surface area contributed by atoms with Crippen molar-refractivity contribution in [3.63, 3.8) is 0 Å². The van der Waals surface area contributed by atoms with Gasteiger partial charge in [-0.2, -0.15) is 8.42 Å². The van der Waals surface area contributed by atoms with Crippen LogP contribution in [0, 0.1) is 6.92 Å². The molecule has 0 aliphatic heterocycles. The van der Waals surface area contributed by atoms with Crippen molar-refractivity contribution in [2.45, 2.75) is 26.9 Å². The number of aromatic carboxylic acids is 1. The lowest BCUT2D eigenvalue weighted by Gasteiger charge is -2.12. The van der Waals surface area contributed by atoms with Crippen LogP contribution in [-0.4, -0.2) is 31.7 Å². The van der Waals surface area contributed by atoms with E-state index in [1.807, 2.05) is 4.72 Å². The number of ether oxygens (including phenoxy) is 1. The lowest BCUT2D eigenvalue weighted by Crippen LogP contribution is -2.37. The Balaban J connectivity index is 2.89. The number of aryl methyl sites for hydroxylation is 1. The lowest BCUT2D eigenvalue weighted by molar-refractivity contribution is 0.0703. The van der Waals surface area contributed by atoms with Crippen molar-refractivity contribution >= 4 is 39.3 Å². The molecule has 10 heteroatoms. The Morgan fingerprint density at radius 1 is 1.40 bits per heavy atom. The van der Waals surface area contributed by atoms with E-state index in [-0.39, 0.29) is 10.6 Å². The van der Waals surface area contributed by atoms with Gasteiger partial charge >= 0.3 is 22.3 Å². The third kappa shape index (κ3) is 4.38. The molecule has 1 amide bonds. The number of thiophene rings is 1. The second-order valence-corrected chi connectivity index (χ2v) is 6.38. The number of carbonyl (C=O) groups excluding carboxylic acids is 1. The van der Waals surface area contributed by atoms with Crippen LogP contribution in [0.2, 0.25) is 0 Å². The molecule has 1 heterocycles. The number of rotatable bonds is 5. The van der Waals surface area contributed by atoms with Gasteiger partial charge in [0, 0.05) is 0 Å². The van der Waals surface area contributed by atoms with E-state index in [0.29, 0.717) is 5.56 Å². The molecule has 20 heavy (non-hydrogen) atoms. The first-order valence-electron chi connectivity index (χ1n) is 5.45. The Morgan fingerprint density at radius 2 is 2.00 bits per heavy atom. The summed E-state index contributed by atoms with van der Waals surface area (Å²) in [5, 5.41) is 10.4. The fourth-order valence-corrected chi connectivity index (χ4v) is 2.99. The van der Waals surface area contributed by atoms with Gasteiger partial charge < -0.3 is 9.84 Å². The molecule has 0 aliphatic carbocycles. The highest BCUT2D eigenvalue weighted by atomic mass is 32.2. The largest absolute Gasteiger partial charge is 0.477 e. The molecule has 0 saturated heterocycles. The maximum Gasteiger partial charge on any atom is 0.422 e. The fraction of sp³-hybridized carbons (Fsp3) is 0.400. The van der Waals surface area contributed by atoms with Gasteiger partial charge in [-0.05, 0) is 31.7 Å². The van der Waals surface area contributed by atoms with Crippen LogP contribution in [0.1, 0.15) is 29.1 Å². The molecule has 0 saturated carbocycles. The summed E-state index contributed by atoms with van der Waals surface area (Å²) < 4.78 is 31.7. The standard InChI is InChI=1S/C10H14N2O6S2/c1-5(2)18-10(15)12-20(16,17)11-7-6(3)4-19-8(7)9(13)14/h4-5,11H,1-3H3,(H,12,15)(H,13,14). The van der Waals surface area contributed by atoms with Crippen LogP contribution in [-0.2, 0) is 14.9 Å². The number of carboxylic acid groups (broad SMARTS) is 1. The number of nitrogens with one attached hydrogen (secondary N) is 2. The van der Waals surface area contributed by atoms with Crippen molar-refractivity contribution in [1.82, 2.24) is 4.72 Å². The van der Waals surface area contributed by atoms with Crippen molar-refractivity contribution in [3.8, 4) is 0 Å². The normalized spacial score (nSPS) is 11.2. The average molecular weight is 322 g/mol. The van der Waals surface area contributed by atoms with E-state index >= 15 is 0 Å². The van der Waals surface area contributed by atoms with Crippen LogP contribution in [0.4, 0.5) is 10.5 Å². The predicted octanol–water partition coefficient (Wildman–Crippen LogP) is 1.55. The van der Waals surface area contributed by atoms with Gasteiger partial charge in [-0.25, -0.2) is 14.3 Å². The SMILES string of the molecule is Cc1csc(C(=O)O)c1NS(=O)(=O)NC(=O)OC(C)C. The summed E-state index contributed by atoms with van der Waals surface area (Å²) in [5.41, 5.74) is 0.363. The Bertz CT molecular complexity index is 620. The summed E-state index contributed by atoms with van der Waals surface area (Å²) in [4.78, 5) is 22.0. The second-order valence-electron chi connectivity index (χ2n) is 4.09. The van der Waals surface area contributed by atoms with Crippen molar-refractivity contribution < 1.29 is 27.9 Å². The molecule has 0 spiro atoms. The molecule has 0 bridgehead atoms. The minimum Gasteiger partial charge on any atom is -0.477 e. The van der Waals surface area contributed by atoms with Gasteiger partial charge in [-0.3, -0.25) is 4.72 Å². The quantitative estimate of drug-likeness (QED) is 0.756. The van der Waals surface area contributed by atoms with E-state index < -0.39 is 28.4 Å². The van der Waals surface area contributed by atoms with Crippen molar-refractivity contribution in [2.24, 2.45) is 0 Å². The number of anilines is 1. The number of amides is 1. The first-order chi connectivity index (χ1) is 9.12. The van der Waals surface area contributed by atoms with E-state index in [1.165, 1.54) is 5.38 Å². The Hall–Kier alpha value is -1.81. The Morgan fingerprint density at radius 3 is 2.50 bits per heavy atom. The molecule has 0 radical (unpaired) electrons. The zero-order valence-electron chi connectivity index (χ0n) is 11.0. The van der Waals surface area contributed by atoms with E-state index in [2.05, 4.69) is 4.74 Å². The highest BCUT2D eigenvalue weighted by Gasteiger charge is 2.22. The zero-order chi connectivity index (χ0) is 15.5. The first kappa shape index (κ1) is 16.2. The van der Waals surface area contributed by atoms with Gasteiger partial charge in [0.2, 0.25) is 0 Å². The molecule has 0 unspecified atom stereocenters. The van der Waals surface area contributed by atoms with Crippen LogP contribution in [0.25, 0.3) is 0 Å².